The number of hydrogen-bond acceptors (Lipinski definition) is 6. The van der Waals surface area contributed by atoms with Crippen molar-refractivity contribution in [2.45, 2.75) is 13.5 Å². The Balaban J connectivity index is 2.06. The Labute approximate surface area is 109 Å². The minimum Gasteiger partial charge on any atom is -0.464 e. The van der Waals surface area contributed by atoms with Crippen LogP contribution in [0.5, 0.6) is 0 Å². The fourth-order valence-corrected chi connectivity index (χ4v) is 2.15. The number of methoxy groups -OCH3 is 1. The number of nitrogens with one attached hydrogen (secondary N) is 1. The van der Waals surface area contributed by atoms with Crippen LogP contribution in [0.15, 0.2) is 23.8 Å². The van der Waals surface area contributed by atoms with Crippen molar-refractivity contribution < 1.29 is 9.53 Å². The number of nitrogens with zero attached hydrogens (tertiary/aromatic N) is 2. The van der Waals surface area contributed by atoms with Gasteiger partial charge in [0, 0.05) is 16.8 Å². The predicted molar refractivity (Wildman–Crippen MR) is 69.8 cm³/mol. The molecule has 0 fully saturated rings. The number of rotatable bonds is 4. The number of anilines is 1. The van der Waals surface area contributed by atoms with Crippen LogP contribution in [0.1, 0.15) is 21.1 Å². The van der Waals surface area contributed by atoms with Gasteiger partial charge < -0.3 is 10.1 Å². The molecular weight excluding hydrogens is 250 g/mol. The summed E-state index contributed by atoms with van der Waals surface area (Å²) in [6.07, 6.45) is 1.58. The monoisotopic (exact) mass is 263 g/mol. The molecule has 2 aromatic rings. The number of carbonyl (C=O) groups is 1. The topological polar surface area (TPSA) is 64.1 Å². The SMILES string of the molecule is COC(=O)c1cc(NCc2scnc2C)ccn1. The summed E-state index contributed by atoms with van der Waals surface area (Å²) in [5, 5.41) is 3.23. The zero-order valence-electron chi connectivity index (χ0n) is 10.1. The van der Waals surface area contributed by atoms with E-state index in [0.717, 1.165) is 11.4 Å². The Bertz CT molecular complexity index is 554. The molecule has 0 aliphatic rings. The largest absolute Gasteiger partial charge is 0.464 e. The van der Waals surface area contributed by atoms with Crippen molar-refractivity contribution in [2.75, 3.05) is 12.4 Å². The Kier molecular flexibility index (Phi) is 3.88. The molecule has 2 heterocycles. The van der Waals surface area contributed by atoms with E-state index in [0.29, 0.717) is 12.2 Å². The van der Waals surface area contributed by atoms with Crippen LogP contribution in [0.25, 0.3) is 0 Å². The lowest BCUT2D eigenvalue weighted by molar-refractivity contribution is 0.0594. The van der Waals surface area contributed by atoms with E-state index in [1.165, 1.54) is 12.0 Å². The van der Waals surface area contributed by atoms with Crippen LogP contribution >= 0.6 is 11.3 Å². The van der Waals surface area contributed by atoms with E-state index in [9.17, 15) is 4.79 Å². The average molecular weight is 263 g/mol. The molecule has 1 N–H and O–H groups in total. The fourth-order valence-electron chi connectivity index (χ4n) is 1.43. The van der Waals surface area contributed by atoms with E-state index in [1.54, 1.807) is 23.6 Å². The smallest absolute Gasteiger partial charge is 0.356 e. The van der Waals surface area contributed by atoms with Gasteiger partial charge in [-0.3, -0.25) is 0 Å². The first-order valence-corrected chi connectivity index (χ1v) is 6.26. The summed E-state index contributed by atoms with van der Waals surface area (Å²) in [6.45, 7) is 2.65. The second-order valence-electron chi connectivity index (χ2n) is 3.64. The number of hydrogen-bond donors (Lipinski definition) is 1. The third-order valence-electron chi connectivity index (χ3n) is 2.45. The van der Waals surface area contributed by atoms with Gasteiger partial charge in [0.05, 0.1) is 24.9 Å². The minimum absolute atomic E-state index is 0.295. The molecule has 0 atom stereocenters. The van der Waals surface area contributed by atoms with E-state index in [4.69, 9.17) is 0 Å². The van der Waals surface area contributed by atoms with Crippen molar-refractivity contribution in [2.24, 2.45) is 0 Å². The molecule has 0 spiro atoms. The summed E-state index contributed by atoms with van der Waals surface area (Å²) in [7, 11) is 1.34. The van der Waals surface area contributed by atoms with Crippen LogP contribution in [0, 0.1) is 6.92 Å². The molecule has 0 aliphatic heterocycles. The quantitative estimate of drug-likeness (QED) is 0.857. The van der Waals surface area contributed by atoms with Crippen LogP contribution in [-0.2, 0) is 11.3 Å². The van der Waals surface area contributed by atoms with Gasteiger partial charge in [0.15, 0.2) is 0 Å². The van der Waals surface area contributed by atoms with Crippen LogP contribution in [0.3, 0.4) is 0 Å². The number of aromatic nitrogens is 2. The molecule has 5 nitrogen and oxygen atoms in total. The lowest BCUT2D eigenvalue weighted by Crippen LogP contribution is -2.06. The highest BCUT2D eigenvalue weighted by Gasteiger charge is 2.07. The van der Waals surface area contributed by atoms with Gasteiger partial charge in [0.2, 0.25) is 0 Å². The van der Waals surface area contributed by atoms with Gasteiger partial charge >= 0.3 is 5.97 Å². The van der Waals surface area contributed by atoms with Crippen LogP contribution in [0.4, 0.5) is 5.69 Å². The third-order valence-corrected chi connectivity index (χ3v) is 3.39. The van der Waals surface area contributed by atoms with Gasteiger partial charge in [-0.05, 0) is 19.1 Å². The lowest BCUT2D eigenvalue weighted by atomic mass is 10.3. The van der Waals surface area contributed by atoms with Crippen molar-refractivity contribution in [1.82, 2.24) is 9.97 Å². The van der Waals surface area contributed by atoms with Crippen molar-refractivity contribution >= 4 is 23.0 Å². The maximum atomic E-state index is 11.3. The molecule has 0 amide bonds. The molecule has 0 aliphatic carbocycles. The summed E-state index contributed by atoms with van der Waals surface area (Å²) in [5.41, 5.74) is 3.97. The first kappa shape index (κ1) is 12.5. The zero-order chi connectivity index (χ0) is 13.0. The fraction of sp³-hybridized carbons (Fsp3) is 0.250. The number of esters is 1. The van der Waals surface area contributed by atoms with Gasteiger partial charge in [-0.15, -0.1) is 11.3 Å². The van der Waals surface area contributed by atoms with Crippen molar-refractivity contribution in [3.8, 4) is 0 Å². The summed E-state index contributed by atoms with van der Waals surface area (Å²) >= 11 is 1.60. The first-order valence-electron chi connectivity index (χ1n) is 5.38. The van der Waals surface area contributed by atoms with Crippen LogP contribution in [-0.4, -0.2) is 23.0 Å². The molecule has 0 unspecified atom stereocenters. The Morgan fingerprint density at radius 1 is 1.50 bits per heavy atom. The second kappa shape index (κ2) is 5.59. The third kappa shape index (κ3) is 2.84. The molecule has 2 aromatic heterocycles. The zero-order valence-corrected chi connectivity index (χ0v) is 11.0. The highest BCUT2D eigenvalue weighted by Crippen LogP contribution is 2.15. The van der Waals surface area contributed by atoms with E-state index in [-0.39, 0.29) is 0 Å². The van der Waals surface area contributed by atoms with Crippen LogP contribution < -0.4 is 5.32 Å². The molecule has 18 heavy (non-hydrogen) atoms. The Hall–Kier alpha value is -1.95. The standard InChI is InChI=1S/C12H13N3O2S/c1-8-11(18-7-15-8)6-14-9-3-4-13-10(5-9)12(16)17-2/h3-5,7H,6H2,1-2H3,(H,13,14). The molecule has 94 valence electrons. The number of thiazole rings is 1. The molecule has 0 saturated heterocycles. The van der Waals surface area contributed by atoms with Gasteiger partial charge in [-0.2, -0.15) is 0 Å². The summed E-state index contributed by atoms with van der Waals surface area (Å²) in [6, 6.07) is 3.48. The molecule has 0 bridgehead atoms. The van der Waals surface area contributed by atoms with Gasteiger partial charge in [0.25, 0.3) is 0 Å². The number of carbonyl (C=O) groups excluding carboxylic acids is 1. The number of ether oxygens (including phenoxy) is 1. The summed E-state index contributed by atoms with van der Waals surface area (Å²) in [4.78, 5) is 20.6. The molecular formula is C12H13N3O2S. The van der Waals surface area contributed by atoms with Crippen LogP contribution in [0.2, 0.25) is 0 Å². The highest BCUT2D eigenvalue weighted by molar-refractivity contribution is 7.09. The van der Waals surface area contributed by atoms with Gasteiger partial charge in [0.1, 0.15) is 5.69 Å². The minimum atomic E-state index is -0.437. The number of pyridine rings is 1. The average Bonchev–Trinajstić information content (AvgIpc) is 2.81. The molecule has 0 aromatic carbocycles. The van der Waals surface area contributed by atoms with Gasteiger partial charge in [-0.25, -0.2) is 14.8 Å². The van der Waals surface area contributed by atoms with Gasteiger partial charge in [-0.1, -0.05) is 0 Å². The highest BCUT2D eigenvalue weighted by atomic mass is 32.1. The normalized spacial score (nSPS) is 10.1. The Morgan fingerprint density at radius 2 is 2.33 bits per heavy atom. The molecule has 0 radical (unpaired) electrons. The van der Waals surface area contributed by atoms with E-state index in [2.05, 4.69) is 20.0 Å². The lowest BCUT2D eigenvalue weighted by Gasteiger charge is -2.06. The maximum Gasteiger partial charge on any atom is 0.356 e. The Morgan fingerprint density at radius 3 is 3.00 bits per heavy atom. The van der Waals surface area contributed by atoms with E-state index >= 15 is 0 Å². The number of aryl methyl sites for hydroxylation is 1. The van der Waals surface area contributed by atoms with E-state index in [1.807, 2.05) is 18.5 Å². The summed E-state index contributed by atoms with van der Waals surface area (Å²) in [5.74, 6) is -0.437. The van der Waals surface area contributed by atoms with Crippen molar-refractivity contribution in [3.63, 3.8) is 0 Å². The maximum absolute atomic E-state index is 11.3. The molecule has 2 rings (SSSR count). The molecule has 0 saturated carbocycles. The molecule has 6 heteroatoms. The first-order chi connectivity index (χ1) is 8.70. The van der Waals surface area contributed by atoms with E-state index < -0.39 is 5.97 Å². The summed E-state index contributed by atoms with van der Waals surface area (Å²) < 4.78 is 4.62. The van der Waals surface area contributed by atoms with Crippen molar-refractivity contribution in [1.29, 1.82) is 0 Å². The predicted octanol–water partition coefficient (Wildman–Crippen LogP) is 2.25. The van der Waals surface area contributed by atoms with Crippen molar-refractivity contribution in [3.05, 3.63) is 40.1 Å². The second-order valence-corrected chi connectivity index (χ2v) is 4.58.